The first-order chi connectivity index (χ1) is 13.7. The van der Waals surface area contributed by atoms with Crippen LogP contribution in [0, 0.1) is 7.14 Å². The second-order valence-corrected chi connectivity index (χ2v) is 10.2. The second kappa shape index (κ2) is 8.68. The lowest BCUT2D eigenvalue weighted by Gasteiger charge is -2.08. The number of halogens is 4. The molecule has 0 bridgehead atoms. The van der Waals surface area contributed by atoms with E-state index in [1.54, 1.807) is 0 Å². The molecule has 4 aromatic carbocycles. The van der Waals surface area contributed by atoms with Crippen LogP contribution in [0.4, 0.5) is 13.2 Å². The Labute approximate surface area is 176 Å². The van der Waals surface area contributed by atoms with Gasteiger partial charge in [0.15, 0.2) is 10.1 Å². The van der Waals surface area contributed by atoms with Crippen molar-refractivity contribution < 1.29 is 47.3 Å². The average molecular weight is 530 g/mol. The summed E-state index contributed by atoms with van der Waals surface area (Å²) in [5, 5.41) is 5.49. The number of benzene rings is 4. The van der Waals surface area contributed by atoms with Gasteiger partial charge in [0.2, 0.25) is 7.14 Å². The van der Waals surface area contributed by atoms with Crippen LogP contribution in [0.15, 0.2) is 84.9 Å². The summed E-state index contributed by atoms with van der Waals surface area (Å²) in [7, 11) is -6.09. The van der Waals surface area contributed by atoms with Crippen molar-refractivity contribution in [1.82, 2.24) is 0 Å². The fourth-order valence-corrected chi connectivity index (χ4v) is 5.61. The molecule has 0 radical (unpaired) electrons. The van der Waals surface area contributed by atoms with Gasteiger partial charge >= 0.3 is 26.7 Å². The Hall–Kier alpha value is -2.17. The maximum Gasteiger partial charge on any atom is 0.485 e. The predicted octanol–water partition coefficient (Wildman–Crippen LogP) is 2.17. The summed E-state index contributed by atoms with van der Waals surface area (Å²) in [6.07, 6.45) is 0. The summed E-state index contributed by atoms with van der Waals surface area (Å²) in [5.74, 6) is 0. The molecule has 0 aliphatic rings. The van der Waals surface area contributed by atoms with Crippen LogP contribution in [-0.4, -0.2) is 18.5 Å². The second-order valence-electron chi connectivity index (χ2n) is 5.92. The van der Waals surface area contributed by atoms with Crippen LogP contribution >= 0.6 is 0 Å². The van der Waals surface area contributed by atoms with E-state index in [1.165, 1.54) is 28.7 Å². The van der Waals surface area contributed by atoms with Gasteiger partial charge in [-0.2, -0.15) is 13.2 Å². The van der Waals surface area contributed by atoms with Crippen LogP contribution in [0.2, 0.25) is 0 Å². The van der Waals surface area contributed by atoms with E-state index in [9.17, 15) is 13.2 Å². The van der Waals surface area contributed by atoms with E-state index in [1.807, 2.05) is 0 Å². The summed E-state index contributed by atoms with van der Waals surface area (Å²) in [6.45, 7) is 0. The molecule has 0 unspecified atom stereocenters. The van der Waals surface area contributed by atoms with E-state index in [0.29, 0.717) is 0 Å². The minimum absolute atomic E-state index is 0.176. The van der Waals surface area contributed by atoms with Crippen molar-refractivity contribution in [3.63, 3.8) is 0 Å². The van der Waals surface area contributed by atoms with Crippen molar-refractivity contribution in [2.24, 2.45) is 0 Å². The molecule has 4 rings (SSSR count). The molecule has 150 valence electrons. The minimum atomic E-state index is -6.09. The van der Waals surface area contributed by atoms with Crippen molar-refractivity contribution in [3.8, 4) is 0 Å². The SMILES string of the molecule is O=S(=O)([O-])C(F)(F)F.c1ccc2c([I+]c3cccc4ccccc34)cccc2c1. The standard InChI is InChI=1S/C20H14I.CHF3O3S/c1-3-11-17-15(7-1)9-5-13-19(17)21-20-14-6-10-16-8-2-4-12-18(16)20;2-1(3,4)8(5,6)7/h1-14H;(H,5,6,7)/q+1;/p-1. The van der Waals surface area contributed by atoms with E-state index in [-0.39, 0.29) is 21.2 Å². The third kappa shape index (κ3) is 5.26. The van der Waals surface area contributed by atoms with Gasteiger partial charge in [-0.3, -0.25) is 0 Å². The first kappa shape index (κ1) is 21.5. The highest BCUT2D eigenvalue weighted by Crippen LogP contribution is 2.20. The zero-order chi connectivity index (χ0) is 21.1. The van der Waals surface area contributed by atoms with Gasteiger partial charge in [0.25, 0.3) is 0 Å². The van der Waals surface area contributed by atoms with Crippen molar-refractivity contribution >= 4 is 31.7 Å². The highest BCUT2D eigenvalue weighted by Gasteiger charge is 2.36. The van der Waals surface area contributed by atoms with E-state index < -0.39 is 15.6 Å². The molecule has 0 aliphatic heterocycles. The van der Waals surface area contributed by atoms with Crippen LogP contribution in [-0.2, 0) is 10.1 Å². The number of alkyl halides is 3. The first-order valence-corrected chi connectivity index (χ1v) is 11.9. The van der Waals surface area contributed by atoms with Crippen LogP contribution in [0.5, 0.6) is 0 Å². The average Bonchev–Trinajstić information content (AvgIpc) is 2.68. The molecular formula is C21H14F3IO3S. The van der Waals surface area contributed by atoms with Crippen LogP contribution in [0.3, 0.4) is 0 Å². The van der Waals surface area contributed by atoms with Gasteiger partial charge in [0.05, 0.1) is 0 Å². The van der Waals surface area contributed by atoms with Crippen molar-refractivity contribution in [2.45, 2.75) is 5.51 Å². The molecular weight excluding hydrogens is 516 g/mol. The topological polar surface area (TPSA) is 57.2 Å². The molecule has 29 heavy (non-hydrogen) atoms. The summed E-state index contributed by atoms with van der Waals surface area (Å²) >= 11 is -0.176. The van der Waals surface area contributed by atoms with Crippen LogP contribution in [0.25, 0.3) is 21.5 Å². The fraction of sp³-hybridized carbons (Fsp3) is 0.0476. The van der Waals surface area contributed by atoms with Crippen molar-refractivity contribution in [3.05, 3.63) is 92.1 Å². The monoisotopic (exact) mass is 530 g/mol. The zero-order valence-electron chi connectivity index (χ0n) is 14.7. The van der Waals surface area contributed by atoms with E-state index >= 15 is 0 Å². The summed E-state index contributed by atoms with van der Waals surface area (Å²) in [6, 6.07) is 30.7. The summed E-state index contributed by atoms with van der Waals surface area (Å²) < 4.78 is 61.9. The molecule has 0 amide bonds. The molecule has 0 saturated heterocycles. The van der Waals surface area contributed by atoms with Gasteiger partial charge in [-0.25, -0.2) is 8.42 Å². The number of hydrogen-bond donors (Lipinski definition) is 0. The van der Waals surface area contributed by atoms with Gasteiger partial charge < -0.3 is 4.55 Å². The number of hydrogen-bond acceptors (Lipinski definition) is 3. The molecule has 0 fully saturated rings. The zero-order valence-corrected chi connectivity index (χ0v) is 17.7. The van der Waals surface area contributed by atoms with Gasteiger partial charge in [-0.1, -0.05) is 60.7 Å². The Balaban J connectivity index is 0.000000258. The lowest BCUT2D eigenvalue weighted by molar-refractivity contribution is -0.592. The highest BCUT2D eigenvalue weighted by molar-refractivity contribution is 7.86. The van der Waals surface area contributed by atoms with Crippen LogP contribution < -0.4 is 21.2 Å². The fourth-order valence-electron chi connectivity index (χ4n) is 2.65. The molecule has 3 nitrogen and oxygen atoms in total. The minimum Gasteiger partial charge on any atom is -0.741 e. The maximum absolute atomic E-state index is 10.7. The Bertz CT molecular complexity index is 1170. The Morgan fingerprint density at radius 3 is 1.38 bits per heavy atom. The van der Waals surface area contributed by atoms with Crippen LogP contribution in [0.1, 0.15) is 0 Å². The van der Waals surface area contributed by atoms with E-state index in [0.717, 1.165) is 0 Å². The number of rotatable bonds is 2. The van der Waals surface area contributed by atoms with Gasteiger partial charge in [-0.05, 0) is 35.0 Å². The Morgan fingerprint density at radius 1 is 0.655 bits per heavy atom. The van der Waals surface area contributed by atoms with Crippen molar-refractivity contribution in [2.75, 3.05) is 0 Å². The molecule has 8 heteroatoms. The molecule has 0 atom stereocenters. The molecule has 0 aromatic heterocycles. The van der Waals surface area contributed by atoms with Gasteiger partial charge in [0, 0.05) is 10.8 Å². The Kier molecular flexibility index (Phi) is 6.45. The van der Waals surface area contributed by atoms with Gasteiger partial charge in [0.1, 0.15) is 0 Å². The summed E-state index contributed by atoms with van der Waals surface area (Å²) in [5.41, 5.74) is -5.65. The molecule has 0 saturated carbocycles. The molecule has 0 spiro atoms. The Morgan fingerprint density at radius 2 is 1.00 bits per heavy atom. The number of fused-ring (bicyclic) bond motifs is 2. The van der Waals surface area contributed by atoms with Crippen molar-refractivity contribution in [1.29, 1.82) is 0 Å². The summed E-state index contributed by atoms with van der Waals surface area (Å²) in [4.78, 5) is 0. The largest absolute Gasteiger partial charge is 0.741 e. The highest BCUT2D eigenvalue weighted by atomic mass is 127. The molecule has 0 heterocycles. The quantitative estimate of drug-likeness (QED) is 0.227. The lowest BCUT2D eigenvalue weighted by atomic mass is 10.1. The molecule has 0 aliphatic carbocycles. The molecule has 4 aromatic rings. The third-order valence-electron chi connectivity index (χ3n) is 3.96. The lowest BCUT2D eigenvalue weighted by Crippen LogP contribution is -3.61. The maximum atomic E-state index is 10.7. The first-order valence-electron chi connectivity index (χ1n) is 8.29. The van der Waals surface area contributed by atoms with Gasteiger partial charge in [-0.15, -0.1) is 0 Å². The smallest absolute Gasteiger partial charge is 0.485 e. The normalized spacial score (nSPS) is 11.9. The van der Waals surface area contributed by atoms with E-state index in [4.69, 9.17) is 13.0 Å². The predicted molar refractivity (Wildman–Crippen MR) is 101 cm³/mol. The van der Waals surface area contributed by atoms with E-state index in [2.05, 4.69) is 84.9 Å². The molecule has 0 N–H and O–H groups in total. The third-order valence-corrected chi connectivity index (χ3v) is 7.57.